The fraction of sp³-hybridized carbons (Fsp3) is 0.300. The van der Waals surface area contributed by atoms with Gasteiger partial charge in [0.1, 0.15) is 0 Å². The highest BCUT2D eigenvalue weighted by atomic mass is 35.5. The largest absolute Gasteiger partial charge is 0.355 e. The predicted octanol–water partition coefficient (Wildman–Crippen LogP) is 0.601. The lowest BCUT2D eigenvalue weighted by Crippen LogP contribution is -2.36. The second-order valence-electron chi connectivity index (χ2n) is 2.99. The smallest absolute Gasteiger partial charge is 0.253 e. The van der Waals surface area contributed by atoms with Gasteiger partial charge in [-0.2, -0.15) is 0 Å². The molecule has 0 saturated heterocycles. The Labute approximate surface area is 98.2 Å². The van der Waals surface area contributed by atoms with Gasteiger partial charge in [-0.15, -0.1) is 0 Å². The fourth-order valence-corrected chi connectivity index (χ4v) is 1.28. The summed E-state index contributed by atoms with van der Waals surface area (Å²) in [6.07, 6.45) is 2.84. The Morgan fingerprint density at radius 2 is 2.19 bits per heavy atom. The Kier molecular flexibility index (Phi) is 4.72. The molecule has 0 radical (unpaired) electrons. The molecule has 0 fully saturated rings. The van der Waals surface area contributed by atoms with Gasteiger partial charge in [-0.3, -0.25) is 14.6 Å². The van der Waals surface area contributed by atoms with E-state index in [1.165, 1.54) is 18.5 Å². The van der Waals surface area contributed by atoms with E-state index in [0.29, 0.717) is 12.1 Å². The van der Waals surface area contributed by atoms with Gasteiger partial charge in [-0.1, -0.05) is 11.6 Å². The standard InChI is InChI=1S/C10H12ClN3O2/c1-2-13-9(15)6-14-10(16)7-3-4-12-5-8(7)11/h3-5H,2,6H2,1H3,(H,13,15)(H,14,16). The number of aromatic nitrogens is 1. The van der Waals surface area contributed by atoms with Gasteiger partial charge in [0, 0.05) is 18.9 Å². The lowest BCUT2D eigenvalue weighted by atomic mass is 10.2. The number of nitrogens with zero attached hydrogens (tertiary/aromatic N) is 1. The molecule has 2 amide bonds. The highest BCUT2D eigenvalue weighted by Gasteiger charge is 2.10. The van der Waals surface area contributed by atoms with Gasteiger partial charge in [0.15, 0.2) is 0 Å². The molecule has 0 aliphatic rings. The molecular weight excluding hydrogens is 230 g/mol. The third kappa shape index (κ3) is 3.51. The molecule has 0 unspecified atom stereocenters. The Bertz CT molecular complexity index is 395. The molecule has 16 heavy (non-hydrogen) atoms. The van der Waals surface area contributed by atoms with Gasteiger partial charge in [-0.25, -0.2) is 0 Å². The maximum absolute atomic E-state index is 11.6. The monoisotopic (exact) mass is 241 g/mol. The van der Waals surface area contributed by atoms with Crippen LogP contribution in [0.25, 0.3) is 0 Å². The molecule has 1 rings (SSSR count). The lowest BCUT2D eigenvalue weighted by molar-refractivity contribution is -0.120. The summed E-state index contributed by atoms with van der Waals surface area (Å²) in [5.74, 6) is -0.625. The molecule has 0 aliphatic heterocycles. The summed E-state index contributed by atoms with van der Waals surface area (Å²) in [5, 5.41) is 5.29. The van der Waals surface area contributed by atoms with E-state index in [2.05, 4.69) is 15.6 Å². The van der Waals surface area contributed by atoms with E-state index >= 15 is 0 Å². The maximum Gasteiger partial charge on any atom is 0.253 e. The topological polar surface area (TPSA) is 71.1 Å². The van der Waals surface area contributed by atoms with Crippen molar-refractivity contribution in [3.05, 3.63) is 29.0 Å². The molecule has 6 heteroatoms. The molecule has 1 heterocycles. The minimum absolute atomic E-state index is 0.0642. The number of halogens is 1. The summed E-state index contributed by atoms with van der Waals surface area (Å²) >= 11 is 5.77. The molecule has 86 valence electrons. The van der Waals surface area contributed by atoms with Crippen molar-refractivity contribution in [3.63, 3.8) is 0 Å². The molecule has 0 atom stereocenters. The maximum atomic E-state index is 11.6. The van der Waals surface area contributed by atoms with Crippen LogP contribution >= 0.6 is 11.6 Å². The molecular formula is C10H12ClN3O2. The van der Waals surface area contributed by atoms with E-state index < -0.39 is 5.91 Å². The van der Waals surface area contributed by atoms with E-state index in [1.807, 2.05) is 0 Å². The first-order valence-electron chi connectivity index (χ1n) is 4.79. The molecule has 5 nitrogen and oxygen atoms in total. The van der Waals surface area contributed by atoms with Crippen molar-refractivity contribution in [1.29, 1.82) is 0 Å². The molecule has 0 spiro atoms. The quantitative estimate of drug-likeness (QED) is 0.811. The first kappa shape index (κ1) is 12.4. The highest BCUT2D eigenvalue weighted by molar-refractivity contribution is 6.33. The zero-order valence-electron chi connectivity index (χ0n) is 8.79. The van der Waals surface area contributed by atoms with E-state index in [-0.39, 0.29) is 17.5 Å². The van der Waals surface area contributed by atoms with Crippen LogP contribution < -0.4 is 10.6 Å². The predicted molar refractivity (Wildman–Crippen MR) is 60.3 cm³/mol. The zero-order valence-corrected chi connectivity index (χ0v) is 9.54. The minimum Gasteiger partial charge on any atom is -0.355 e. The summed E-state index contributed by atoms with van der Waals surface area (Å²) in [6, 6.07) is 1.50. The second kappa shape index (κ2) is 6.07. The Morgan fingerprint density at radius 1 is 1.44 bits per heavy atom. The Morgan fingerprint density at radius 3 is 2.81 bits per heavy atom. The van der Waals surface area contributed by atoms with Crippen molar-refractivity contribution < 1.29 is 9.59 Å². The van der Waals surface area contributed by atoms with Crippen LogP contribution in [0.15, 0.2) is 18.5 Å². The van der Waals surface area contributed by atoms with Crippen LogP contribution in [0.2, 0.25) is 5.02 Å². The average Bonchev–Trinajstić information content (AvgIpc) is 2.27. The van der Waals surface area contributed by atoms with Crippen molar-refractivity contribution in [1.82, 2.24) is 15.6 Å². The summed E-state index contributed by atoms with van der Waals surface area (Å²) in [4.78, 5) is 26.4. The normalized spacial score (nSPS) is 9.62. The fourth-order valence-electron chi connectivity index (χ4n) is 1.07. The molecule has 0 aromatic carbocycles. The Hall–Kier alpha value is -1.62. The number of nitrogens with one attached hydrogen (secondary N) is 2. The van der Waals surface area contributed by atoms with Crippen molar-refractivity contribution >= 4 is 23.4 Å². The van der Waals surface area contributed by atoms with Crippen LogP contribution in [-0.2, 0) is 4.79 Å². The zero-order chi connectivity index (χ0) is 12.0. The van der Waals surface area contributed by atoms with Crippen molar-refractivity contribution in [2.24, 2.45) is 0 Å². The second-order valence-corrected chi connectivity index (χ2v) is 3.40. The van der Waals surface area contributed by atoms with Gasteiger partial charge in [0.2, 0.25) is 5.91 Å². The molecule has 2 N–H and O–H groups in total. The first-order chi connectivity index (χ1) is 7.65. The van der Waals surface area contributed by atoms with Crippen LogP contribution in [0.5, 0.6) is 0 Å². The van der Waals surface area contributed by atoms with Gasteiger partial charge >= 0.3 is 0 Å². The van der Waals surface area contributed by atoms with Crippen molar-refractivity contribution in [2.75, 3.05) is 13.1 Å². The average molecular weight is 242 g/mol. The van der Waals surface area contributed by atoms with E-state index in [0.717, 1.165) is 0 Å². The molecule has 0 aliphatic carbocycles. The molecule has 1 aromatic heterocycles. The number of pyridine rings is 1. The van der Waals surface area contributed by atoms with Gasteiger partial charge in [0.25, 0.3) is 5.91 Å². The number of rotatable bonds is 4. The SMILES string of the molecule is CCNC(=O)CNC(=O)c1ccncc1Cl. The van der Waals surface area contributed by atoms with E-state index in [1.54, 1.807) is 6.92 Å². The van der Waals surface area contributed by atoms with E-state index in [4.69, 9.17) is 11.6 Å². The summed E-state index contributed by atoms with van der Waals surface area (Å²) < 4.78 is 0. The number of hydrogen-bond donors (Lipinski definition) is 2. The van der Waals surface area contributed by atoms with Crippen LogP contribution in [0, 0.1) is 0 Å². The van der Waals surface area contributed by atoms with E-state index in [9.17, 15) is 9.59 Å². The number of carbonyl (C=O) groups is 2. The molecule has 0 bridgehead atoms. The third-order valence-corrected chi connectivity index (χ3v) is 2.10. The van der Waals surface area contributed by atoms with Gasteiger partial charge < -0.3 is 10.6 Å². The minimum atomic E-state index is -0.390. The highest BCUT2D eigenvalue weighted by Crippen LogP contribution is 2.12. The summed E-state index contributed by atoms with van der Waals surface area (Å²) in [5.41, 5.74) is 0.306. The van der Waals surface area contributed by atoms with Crippen LogP contribution in [0.3, 0.4) is 0 Å². The van der Waals surface area contributed by atoms with Gasteiger partial charge in [0.05, 0.1) is 17.1 Å². The molecule has 1 aromatic rings. The first-order valence-corrected chi connectivity index (χ1v) is 5.17. The van der Waals surface area contributed by atoms with Crippen molar-refractivity contribution in [3.8, 4) is 0 Å². The van der Waals surface area contributed by atoms with Crippen molar-refractivity contribution in [2.45, 2.75) is 6.92 Å². The molecule has 0 saturated carbocycles. The number of carbonyl (C=O) groups excluding carboxylic acids is 2. The number of likely N-dealkylation sites (N-methyl/N-ethyl adjacent to an activating group) is 1. The number of hydrogen-bond acceptors (Lipinski definition) is 3. The van der Waals surface area contributed by atoms with Crippen LogP contribution in [-0.4, -0.2) is 29.9 Å². The summed E-state index contributed by atoms with van der Waals surface area (Å²) in [6.45, 7) is 2.27. The summed E-state index contributed by atoms with van der Waals surface area (Å²) in [7, 11) is 0. The number of amides is 2. The lowest BCUT2D eigenvalue weighted by Gasteiger charge is -2.06. The van der Waals surface area contributed by atoms with Gasteiger partial charge in [-0.05, 0) is 13.0 Å². The van der Waals surface area contributed by atoms with Crippen LogP contribution in [0.4, 0.5) is 0 Å². The Balaban J connectivity index is 2.54. The van der Waals surface area contributed by atoms with Crippen LogP contribution in [0.1, 0.15) is 17.3 Å². The third-order valence-electron chi connectivity index (χ3n) is 1.80.